The predicted molar refractivity (Wildman–Crippen MR) is 108 cm³/mol. The Morgan fingerprint density at radius 3 is 2.62 bits per heavy atom. The summed E-state index contributed by atoms with van der Waals surface area (Å²) in [5, 5.41) is 0. The maximum atomic E-state index is 5.95. The fraction of sp³-hybridized carbons (Fsp3) is 0.261. The molecule has 2 N–H and O–H groups in total. The molecule has 1 aliphatic heterocycles. The molecule has 0 amide bonds. The van der Waals surface area contributed by atoms with Crippen LogP contribution in [0.15, 0.2) is 67.0 Å². The van der Waals surface area contributed by atoms with E-state index in [1.807, 2.05) is 30.6 Å². The van der Waals surface area contributed by atoms with Gasteiger partial charge in [-0.05, 0) is 66.4 Å². The second-order valence-electron chi connectivity index (χ2n) is 7.13. The van der Waals surface area contributed by atoms with Gasteiger partial charge in [-0.2, -0.15) is 0 Å². The van der Waals surface area contributed by atoms with Gasteiger partial charge in [-0.3, -0.25) is 9.88 Å². The molecular formula is C23H25N3. The van der Waals surface area contributed by atoms with E-state index in [1.165, 1.54) is 47.2 Å². The van der Waals surface area contributed by atoms with Crippen molar-refractivity contribution in [3.8, 4) is 11.1 Å². The van der Waals surface area contributed by atoms with Gasteiger partial charge in [0.05, 0.1) is 0 Å². The van der Waals surface area contributed by atoms with Crippen LogP contribution in [-0.2, 0) is 6.42 Å². The topological polar surface area (TPSA) is 42.2 Å². The lowest BCUT2D eigenvalue weighted by Gasteiger charge is -2.18. The van der Waals surface area contributed by atoms with Gasteiger partial charge in [0.2, 0.25) is 0 Å². The minimum Gasteiger partial charge on any atom is -0.398 e. The Kier molecular flexibility index (Phi) is 4.72. The fourth-order valence-corrected chi connectivity index (χ4v) is 4.09. The number of benzene rings is 2. The highest BCUT2D eigenvalue weighted by Gasteiger charge is 2.22. The molecule has 1 aliphatic carbocycles. The standard InChI is InChI=1S/C13H11N.C10H14N2/c14-13-7-3-6-11-10-5-2-1-4-9(10)8-12(11)13;1-12-7-3-5-10(12)9-4-2-6-11-8-9/h1-7H,8,14H2;2,4,6,8,10H,3,5,7H2,1H3. The minimum atomic E-state index is 0.610. The average molecular weight is 343 g/mol. The zero-order chi connectivity index (χ0) is 17.9. The van der Waals surface area contributed by atoms with Crippen molar-refractivity contribution >= 4 is 5.69 Å². The van der Waals surface area contributed by atoms with Crippen LogP contribution in [0.5, 0.6) is 0 Å². The second-order valence-corrected chi connectivity index (χ2v) is 7.13. The number of aromatic nitrogens is 1. The highest BCUT2D eigenvalue weighted by molar-refractivity contribution is 5.81. The fourth-order valence-electron chi connectivity index (χ4n) is 4.09. The van der Waals surface area contributed by atoms with Crippen LogP contribution in [0.25, 0.3) is 11.1 Å². The summed E-state index contributed by atoms with van der Waals surface area (Å²) in [4.78, 5) is 6.54. The molecule has 132 valence electrons. The first-order valence-corrected chi connectivity index (χ1v) is 9.30. The number of nitrogens with two attached hydrogens (primary N) is 1. The summed E-state index contributed by atoms with van der Waals surface area (Å²) in [6, 6.07) is 19.5. The maximum Gasteiger partial charge on any atom is 0.0360 e. The molecule has 2 aliphatic rings. The Hall–Kier alpha value is -2.65. The number of nitrogen functional groups attached to an aromatic ring is 1. The molecule has 0 saturated carbocycles. The summed E-state index contributed by atoms with van der Waals surface area (Å²) in [5.41, 5.74) is 13.5. The van der Waals surface area contributed by atoms with Gasteiger partial charge in [-0.15, -0.1) is 0 Å². The number of anilines is 1. The van der Waals surface area contributed by atoms with Crippen molar-refractivity contribution in [2.45, 2.75) is 25.3 Å². The van der Waals surface area contributed by atoms with E-state index in [0.29, 0.717) is 6.04 Å². The van der Waals surface area contributed by atoms with Crippen molar-refractivity contribution in [2.24, 2.45) is 0 Å². The molecule has 5 rings (SSSR count). The summed E-state index contributed by atoms with van der Waals surface area (Å²) >= 11 is 0. The lowest BCUT2D eigenvalue weighted by atomic mass is 10.1. The van der Waals surface area contributed by atoms with Gasteiger partial charge in [-0.25, -0.2) is 0 Å². The van der Waals surface area contributed by atoms with E-state index >= 15 is 0 Å². The van der Waals surface area contributed by atoms with E-state index < -0.39 is 0 Å². The Morgan fingerprint density at radius 1 is 1.00 bits per heavy atom. The Morgan fingerprint density at radius 2 is 1.85 bits per heavy atom. The molecule has 2 heterocycles. The quantitative estimate of drug-likeness (QED) is 0.510. The molecule has 2 aromatic carbocycles. The SMILES string of the molecule is CN1CCCC1c1cccnc1.Nc1cccc2c1Cc1ccccc1-2. The molecule has 0 spiro atoms. The minimum absolute atomic E-state index is 0.610. The van der Waals surface area contributed by atoms with E-state index in [1.54, 1.807) is 0 Å². The number of rotatable bonds is 1. The van der Waals surface area contributed by atoms with Gasteiger partial charge >= 0.3 is 0 Å². The van der Waals surface area contributed by atoms with Gasteiger partial charge in [0, 0.05) is 30.5 Å². The average Bonchev–Trinajstić information content (AvgIpc) is 3.28. The van der Waals surface area contributed by atoms with E-state index in [9.17, 15) is 0 Å². The third-order valence-corrected chi connectivity index (χ3v) is 5.48. The lowest BCUT2D eigenvalue weighted by molar-refractivity contribution is 0.317. The first-order valence-electron chi connectivity index (χ1n) is 9.30. The molecule has 1 unspecified atom stereocenters. The largest absolute Gasteiger partial charge is 0.398 e. The van der Waals surface area contributed by atoms with Gasteiger partial charge < -0.3 is 5.73 Å². The maximum absolute atomic E-state index is 5.95. The number of hydrogen-bond acceptors (Lipinski definition) is 3. The summed E-state index contributed by atoms with van der Waals surface area (Å²) in [6.07, 6.45) is 7.39. The van der Waals surface area contributed by atoms with E-state index in [4.69, 9.17) is 5.73 Å². The van der Waals surface area contributed by atoms with Crippen molar-refractivity contribution < 1.29 is 0 Å². The van der Waals surface area contributed by atoms with E-state index in [0.717, 1.165) is 12.1 Å². The molecule has 1 saturated heterocycles. The zero-order valence-electron chi connectivity index (χ0n) is 15.2. The van der Waals surface area contributed by atoms with Gasteiger partial charge in [0.1, 0.15) is 0 Å². The van der Waals surface area contributed by atoms with E-state index in [-0.39, 0.29) is 0 Å². The molecule has 0 bridgehead atoms. The van der Waals surface area contributed by atoms with Crippen molar-refractivity contribution in [3.05, 3.63) is 83.7 Å². The van der Waals surface area contributed by atoms with Crippen molar-refractivity contribution in [2.75, 3.05) is 19.3 Å². The lowest BCUT2D eigenvalue weighted by Crippen LogP contribution is -2.17. The third-order valence-electron chi connectivity index (χ3n) is 5.48. The van der Waals surface area contributed by atoms with Crippen molar-refractivity contribution in [3.63, 3.8) is 0 Å². The van der Waals surface area contributed by atoms with Crippen LogP contribution in [0.1, 0.15) is 35.6 Å². The Bertz CT molecular complexity index is 889. The summed E-state index contributed by atoms with van der Waals surface area (Å²) in [6.45, 7) is 1.22. The van der Waals surface area contributed by atoms with Crippen LogP contribution in [0.3, 0.4) is 0 Å². The van der Waals surface area contributed by atoms with E-state index in [2.05, 4.69) is 53.3 Å². The molecule has 26 heavy (non-hydrogen) atoms. The normalized spacial score (nSPS) is 18.0. The van der Waals surface area contributed by atoms with Gasteiger partial charge in [-0.1, -0.05) is 42.5 Å². The highest BCUT2D eigenvalue weighted by Crippen LogP contribution is 2.38. The number of fused-ring (bicyclic) bond motifs is 3. The molecule has 1 aromatic heterocycles. The van der Waals surface area contributed by atoms with Crippen LogP contribution in [-0.4, -0.2) is 23.5 Å². The Labute approximate surface area is 155 Å². The van der Waals surface area contributed by atoms with Crippen LogP contribution in [0, 0.1) is 0 Å². The van der Waals surface area contributed by atoms with Gasteiger partial charge in [0.25, 0.3) is 0 Å². The first-order chi connectivity index (χ1) is 12.7. The van der Waals surface area contributed by atoms with Crippen LogP contribution < -0.4 is 5.73 Å². The molecular weight excluding hydrogens is 318 g/mol. The monoisotopic (exact) mass is 343 g/mol. The molecule has 3 aromatic rings. The highest BCUT2D eigenvalue weighted by atomic mass is 15.1. The van der Waals surface area contributed by atoms with Crippen molar-refractivity contribution in [1.29, 1.82) is 0 Å². The van der Waals surface area contributed by atoms with Crippen LogP contribution in [0.4, 0.5) is 5.69 Å². The molecule has 1 fully saturated rings. The predicted octanol–water partition coefficient (Wildman–Crippen LogP) is 4.69. The Balaban J connectivity index is 0.000000131. The van der Waals surface area contributed by atoms with Crippen molar-refractivity contribution in [1.82, 2.24) is 9.88 Å². The number of hydrogen-bond donors (Lipinski definition) is 1. The number of likely N-dealkylation sites (tertiary alicyclic amines) is 1. The smallest absolute Gasteiger partial charge is 0.0360 e. The number of pyridine rings is 1. The number of nitrogens with zero attached hydrogens (tertiary/aromatic N) is 2. The summed E-state index contributed by atoms with van der Waals surface area (Å²) in [5.74, 6) is 0. The summed E-state index contributed by atoms with van der Waals surface area (Å²) in [7, 11) is 2.19. The van der Waals surface area contributed by atoms with Crippen LogP contribution >= 0.6 is 0 Å². The molecule has 1 atom stereocenters. The molecule has 3 heteroatoms. The van der Waals surface area contributed by atoms with Crippen LogP contribution in [0.2, 0.25) is 0 Å². The summed E-state index contributed by atoms with van der Waals surface area (Å²) < 4.78 is 0. The molecule has 3 nitrogen and oxygen atoms in total. The second kappa shape index (κ2) is 7.30. The van der Waals surface area contributed by atoms with Gasteiger partial charge in [0.15, 0.2) is 0 Å². The third kappa shape index (κ3) is 3.23. The first kappa shape index (κ1) is 16.8. The zero-order valence-corrected chi connectivity index (χ0v) is 15.2. The molecule has 0 radical (unpaired) electrons.